The highest BCUT2D eigenvalue weighted by molar-refractivity contribution is 5.81. The van der Waals surface area contributed by atoms with E-state index in [2.05, 4.69) is 31.2 Å². The maximum absolute atomic E-state index is 5.69. The van der Waals surface area contributed by atoms with E-state index in [9.17, 15) is 0 Å². The number of pyridine rings is 1. The van der Waals surface area contributed by atoms with Crippen LogP contribution in [0.5, 0.6) is 5.75 Å². The molecular formula is C20H25N5O. The second kappa shape index (κ2) is 6.86. The molecule has 2 aromatic heterocycles. The summed E-state index contributed by atoms with van der Waals surface area (Å²) >= 11 is 0. The largest absolute Gasteiger partial charge is 0.491 e. The number of ether oxygens (including phenoxy) is 1. The van der Waals surface area contributed by atoms with Gasteiger partial charge in [0.05, 0.1) is 17.8 Å². The van der Waals surface area contributed by atoms with Gasteiger partial charge in [0.15, 0.2) is 0 Å². The second-order valence-electron chi connectivity index (χ2n) is 7.11. The fourth-order valence-electron chi connectivity index (χ4n) is 3.07. The molecule has 6 nitrogen and oxygen atoms in total. The molecule has 2 N–H and O–H groups in total. The fourth-order valence-corrected chi connectivity index (χ4v) is 3.07. The Balaban J connectivity index is 1.58. The molecule has 136 valence electrons. The third kappa shape index (κ3) is 3.59. The zero-order valence-electron chi connectivity index (χ0n) is 15.5. The van der Waals surface area contributed by atoms with Gasteiger partial charge >= 0.3 is 0 Å². The summed E-state index contributed by atoms with van der Waals surface area (Å²) in [5.74, 6) is 3.36. The van der Waals surface area contributed by atoms with Crippen molar-refractivity contribution in [3.8, 4) is 5.75 Å². The van der Waals surface area contributed by atoms with Crippen molar-refractivity contribution in [1.82, 2.24) is 14.5 Å². The van der Waals surface area contributed by atoms with Crippen LogP contribution in [0.25, 0.3) is 11.0 Å². The van der Waals surface area contributed by atoms with E-state index in [4.69, 9.17) is 4.74 Å². The summed E-state index contributed by atoms with van der Waals surface area (Å²) < 4.78 is 7.95. The first kappa shape index (κ1) is 16.7. The van der Waals surface area contributed by atoms with Gasteiger partial charge in [0.2, 0.25) is 5.95 Å². The molecule has 26 heavy (non-hydrogen) atoms. The van der Waals surface area contributed by atoms with Crippen molar-refractivity contribution in [2.75, 3.05) is 17.7 Å². The first-order chi connectivity index (χ1) is 12.6. The molecule has 0 atom stereocenters. The van der Waals surface area contributed by atoms with E-state index in [0.29, 0.717) is 0 Å². The summed E-state index contributed by atoms with van der Waals surface area (Å²) in [6.07, 6.45) is 4.62. The van der Waals surface area contributed by atoms with Crippen LogP contribution in [0.3, 0.4) is 0 Å². The number of rotatable bonds is 7. The lowest BCUT2D eigenvalue weighted by Gasteiger charge is -2.11. The Labute approximate surface area is 153 Å². The number of imidazole rings is 1. The summed E-state index contributed by atoms with van der Waals surface area (Å²) in [7, 11) is 1.91. The highest BCUT2D eigenvalue weighted by atomic mass is 16.5. The zero-order valence-corrected chi connectivity index (χ0v) is 15.5. The van der Waals surface area contributed by atoms with Crippen LogP contribution in [0.15, 0.2) is 36.5 Å². The molecule has 0 aliphatic heterocycles. The molecule has 1 saturated carbocycles. The van der Waals surface area contributed by atoms with Gasteiger partial charge in [0, 0.05) is 25.3 Å². The SMILES string of the molecule is CNc1nc2cnc(Nc3ccc(OC(C)C)cc3)cc2n1CC1CC1. The topological polar surface area (TPSA) is 64.0 Å². The average Bonchev–Trinajstić information content (AvgIpc) is 3.38. The molecule has 0 amide bonds. The van der Waals surface area contributed by atoms with Crippen LogP contribution in [0.4, 0.5) is 17.5 Å². The van der Waals surface area contributed by atoms with E-state index in [-0.39, 0.29) is 6.10 Å². The van der Waals surface area contributed by atoms with Crippen LogP contribution in [0, 0.1) is 5.92 Å². The van der Waals surface area contributed by atoms with Gasteiger partial charge in [-0.2, -0.15) is 0 Å². The van der Waals surface area contributed by atoms with Crippen LogP contribution < -0.4 is 15.4 Å². The maximum atomic E-state index is 5.69. The number of nitrogens with zero attached hydrogens (tertiary/aromatic N) is 3. The van der Waals surface area contributed by atoms with Crippen molar-refractivity contribution in [3.63, 3.8) is 0 Å². The van der Waals surface area contributed by atoms with Crippen LogP contribution in [0.1, 0.15) is 26.7 Å². The molecular weight excluding hydrogens is 326 g/mol. The molecule has 0 spiro atoms. The van der Waals surface area contributed by atoms with Crippen LogP contribution in [-0.2, 0) is 6.54 Å². The minimum absolute atomic E-state index is 0.172. The Hall–Kier alpha value is -2.76. The maximum Gasteiger partial charge on any atom is 0.203 e. The molecule has 3 aromatic rings. The van der Waals surface area contributed by atoms with Gasteiger partial charge in [-0.15, -0.1) is 0 Å². The molecule has 0 radical (unpaired) electrons. The predicted octanol–water partition coefficient (Wildman–Crippen LogP) is 4.41. The fraction of sp³-hybridized carbons (Fsp3) is 0.400. The Morgan fingerprint density at radius 1 is 1.23 bits per heavy atom. The van der Waals surface area contributed by atoms with Crippen LogP contribution in [0.2, 0.25) is 0 Å². The summed E-state index contributed by atoms with van der Waals surface area (Å²) in [4.78, 5) is 9.15. The smallest absolute Gasteiger partial charge is 0.203 e. The molecule has 0 bridgehead atoms. The number of benzene rings is 1. The number of anilines is 3. The van der Waals surface area contributed by atoms with Crippen LogP contribution >= 0.6 is 0 Å². The number of hydrogen-bond donors (Lipinski definition) is 2. The van der Waals surface area contributed by atoms with E-state index < -0.39 is 0 Å². The summed E-state index contributed by atoms with van der Waals surface area (Å²) in [5.41, 5.74) is 3.01. The normalized spacial score (nSPS) is 14.0. The Kier molecular flexibility index (Phi) is 4.41. The molecule has 1 aliphatic rings. The Morgan fingerprint density at radius 2 is 2.00 bits per heavy atom. The van der Waals surface area contributed by atoms with E-state index in [0.717, 1.165) is 46.7 Å². The van der Waals surface area contributed by atoms with Gasteiger partial charge in [-0.25, -0.2) is 9.97 Å². The van der Waals surface area contributed by atoms with E-state index >= 15 is 0 Å². The monoisotopic (exact) mass is 351 g/mol. The van der Waals surface area contributed by atoms with E-state index in [1.165, 1.54) is 12.8 Å². The molecule has 4 rings (SSSR count). The Morgan fingerprint density at radius 3 is 2.65 bits per heavy atom. The lowest BCUT2D eigenvalue weighted by atomic mass is 10.3. The van der Waals surface area contributed by atoms with Crippen molar-refractivity contribution in [3.05, 3.63) is 36.5 Å². The number of nitrogens with one attached hydrogen (secondary N) is 2. The quantitative estimate of drug-likeness (QED) is 0.660. The van der Waals surface area contributed by atoms with Crippen molar-refractivity contribution >= 4 is 28.5 Å². The minimum atomic E-state index is 0.172. The summed E-state index contributed by atoms with van der Waals surface area (Å²) in [5, 5.41) is 6.57. The lowest BCUT2D eigenvalue weighted by Crippen LogP contribution is -2.05. The van der Waals surface area contributed by atoms with Gasteiger partial charge in [0.1, 0.15) is 17.1 Å². The van der Waals surface area contributed by atoms with Gasteiger partial charge in [-0.05, 0) is 56.9 Å². The highest BCUT2D eigenvalue weighted by Gasteiger charge is 2.24. The van der Waals surface area contributed by atoms with E-state index in [1.54, 1.807) is 0 Å². The van der Waals surface area contributed by atoms with E-state index in [1.807, 2.05) is 51.4 Å². The Bertz CT molecular complexity index is 896. The third-order valence-electron chi connectivity index (χ3n) is 4.49. The highest BCUT2D eigenvalue weighted by Crippen LogP contribution is 2.34. The number of hydrogen-bond acceptors (Lipinski definition) is 5. The first-order valence-corrected chi connectivity index (χ1v) is 9.20. The molecule has 1 fully saturated rings. The molecule has 1 aliphatic carbocycles. The number of fused-ring (bicyclic) bond motifs is 1. The average molecular weight is 351 g/mol. The molecule has 6 heteroatoms. The molecule has 0 saturated heterocycles. The van der Waals surface area contributed by atoms with Crippen molar-refractivity contribution in [1.29, 1.82) is 0 Å². The number of aromatic nitrogens is 3. The third-order valence-corrected chi connectivity index (χ3v) is 4.49. The lowest BCUT2D eigenvalue weighted by molar-refractivity contribution is 0.242. The zero-order chi connectivity index (χ0) is 18.1. The second-order valence-corrected chi connectivity index (χ2v) is 7.11. The van der Waals surface area contributed by atoms with Crippen LogP contribution in [-0.4, -0.2) is 27.7 Å². The van der Waals surface area contributed by atoms with Gasteiger partial charge in [-0.3, -0.25) is 0 Å². The van der Waals surface area contributed by atoms with Gasteiger partial charge in [0.25, 0.3) is 0 Å². The van der Waals surface area contributed by atoms with Crippen molar-refractivity contribution in [2.45, 2.75) is 39.3 Å². The molecule has 0 unspecified atom stereocenters. The molecule has 2 heterocycles. The van der Waals surface area contributed by atoms with Gasteiger partial charge < -0.3 is 19.9 Å². The van der Waals surface area contributed by atoms with Crippen molar-refractivity contribution in [2.24, 2.45) is 5.92 Å². The summed E-state index contributed by atoms with van der Waals surface area (Å²) in [6, 6.07) is 10.0. The minimum Gasteiger partial charge on any atom is -0.491 e. The first-order valence-electron chi connectivity index (χ1n) is 9.20. The molecule has 1 aromatic carbocycles. The standard InChI is InChI=1S/C20H25N5O/c1-13(2)26-16-8-6-15(7-9-16)23-19-10-18-17(11-22-19)24-20(21-3)25(18)12-14-4-5-14/h6-11,13-14H,4-5,12H2,1-3H3,(H,21,24)(H,22,23). The summed E-state index contributed by atoms with van der Waals surface area (Å²) in [6.45, 7) is 5.06. The predicted molar refractivity (Wildman–Crippen MR) is 105 cm³/mol. The van der Waals surface area contributed by atoms with Crippen molar-refractivity contribution < 1.29 is 4.74 Å². The van der Waals surface area contributed by atoms with Gasteiger partial charge in [-0.1, -0.05) is 0 Å².